The number of halogens is 2. The average Bonchev–Trinajstić information content (AvgIpc) is 2.43. The molecule has 0 atom stereocenters. The number of carbonyl (C=O) groups is 1. The molecule has 100 valence electrons. The fraction of sp³-hybridized carbons (Fsp3) is 0.429. The molecule has 0 radical (unpaired) electrons. The van der Waals surface area contributed by atoms with E-state index in [0.717, 1.165) is 37.5 Å². The number of benzene rings is 1. The fourth-order valence-electron chi connectivity index (χ4n) is 2.38. The van der Waals surface area contributed by atoms with Gasteiger partial charge >= 0.3 is 0 Å². The Hall–Kier alpha value is -1.96. The van der Waals surface area contributed by atoms with Crippen molar-refractivity contribution >= 4 is 11.6 Å². The number of rotatable bonds is 2. The lowest BCUT2D eigenvalue weighted by Gasteiger charge is -2.29. The molecule has 0 aromatic heterocycles. The van der Waals surface area contributed by atoms with Crippen LogP contribution in [-0.4, -0.2) is 5.91 Å². The minimum atomic E-state index is -1.11. The lowest BCUT2D eigenvalue weighted by Crippen LogP contribution is -2.37. The third-order valence-electron chi connectivity index (χ3n) is 3.53. The van der Waals surface area contributed by atoms with Crippen LogP contribution in [0.5, 0.6) is 0 Å². The van der Waals surface area contributed by atoms with E-state index in [9.17, 15) is 18.8 Å². The summed E-state index contributed by atoms with van der Waals surface area (Å²) in [6, 6.07) is 4.89. The molecule has 1 amide bonds. The molecule has 0 spiro atoms. The highest BCUT2D eigenvalue weighted by Gasteiger charge is 2.40. The van der Waals surface area contributed by atoms with Gasteiger partial charge in [-0.25, -0.2) is 8.78 Å². The van der Waals surface area contributed by atoms with Crippen molar-refractivity contribution in [2.45, 2.75) is 32.1 Å². The van der Waals surface area contributed by atoms with Crippen LogP contribution in [0.25, 0.3) is 0 Å². The number of anilines is 1. The molecular weight excluding hydrogens is 250 g/mol. The minimum absolute atomic E-state index is 0.217. The second-order valence-corrected chi connectivity index (χ2v) is 4.83. The van der Waals surface area contributed by atoms with Gasteiger partial charge in [0.15, 0.2) is 0 Å². The van der Waals surface area contributed by atoms with Crippen molar-refractivity contribution < 1.29 is 13.6 Å². The summed E-state index contributed by atoms with van der Waals surface area (Å²) in [4.78, 5) is 12.2. The molecular formula is C14H14F2N2O. The molecule has 0 bridgehead atoms. The summed E-state index contributed by atoms with van der Waals surface area (Å²) in [5.41, 5.74) is -1.33. The molecule has 1 N–H and O–H groups in total. The van der Waals surface area contributed by atoms with Gasteiger partial charge in [0.1, 0.15) is 17.0 Å². The first-order chi connectivity index (χ1) is 9.07. The van der Waals surface area contributed by atoms with Crippen LogP contribution in [-0.2, 0) is 4.79 Å². The number of hydrogen-bond acceptors (Lipinski definition) is 2. The third-order valence-corrected chi connectivity index (χ3v) is 3.53. The van der Waals surface area contributed by atoms with Crippen LogP contribution in [0.3, 0.4) is 0 Å². The summed E-state index contributed by atoms with van der Waals surface area (Å²) in [5, 5.41) is 11.6. The zero-order chi connectivity index (χ0) is 13.9. The Morgan fingerprint density at radius 2 is 1.95 bits per heavy atom. The Morgan fingerprint density at radius 3 is 2.58 bits per heavy atom. The van der Waals surface area contributed by atoms with Crippen LogP contribution >= 0.6 is 0 Å². The van der Waals surface area contributed by atoms with Gasteiger partial charge in [0, 0.05) is 6.07 Å². The minimum Gasteiger partial charge on any atom is -0.322 e. The van der Waals surface area contributed by atoms with E-state index in [-0.39, 0.29) is 5.69 Å². The number of hydrogen-bond donors (Lipinski definition) is 1. The molecule has 0 unspecified atom stereocenters. The molecule has 0 saturated heterocycles. The zero-order valence-electron chi connectivity index (χ0n) is 10.4. The maximum absolute atomic E-state index is 13.5. The average molecular weight is 264 g/mol. The molecule has 3 nitrogen and oxygen atoms in total. The van der Waals surface area contributed by atoms with E-state index in [1.165, 1.54) is 0 Å². The second kappa shape index (κ2) is 5.35. The summed E-state index contributed by atoms with van der Waals surface area (Å²) < 4.78 is 26.5. The molecule has 1 aromatic rings. The van der Waals surface area contributed by atoms with Gasteiger partial charge in [-0.2, -0.15) is 5.26 Å². The number of nitrogens with zero attached hydrogens (tertiary/aromatic N) is 1. The Morgan fingerprint density at radius 1 is 1.26 bits per heavy atom. The molecule has 0 heterocycles. The number of nitrogens with one attached hydrogen (secondary N) is 1. The van der Waals surface area contributed by atoms with Crippen LogP contribution < -0.4 is 5.32 Å². The number of nitriles is 1. The van der Waals surface area contributed by atoms with E-state index in [4.69, 9.17) is 0 Å². The molecule has 1 fully saturated rings. The molecule has 1 aromatic carbocycles. The highest BCUT2D eigenvalue weighted by molar-refractivity contribution is 5.97. The largest absolute Gasteiger partial charge is 0.322 e. The molecule has 19 heavy (non-hydrogen) atoms. The first-order valence-corrected chi connectivity index (χ1v) is 6.25. The van der Waals surface area contributed by atoms with Gasteiger partial charge in [0.2, 0.25) is 5.91 Å². The second-order valence-electron chi connectivity index (χ2n) is 4.83. The van der Waals surface area contributed by atoms with Crippen LogP contribution in [0.2, 0.25) is 0 Å². The lowest BCUT2D eigenvalue weighted by molar-refractivity contribution is -0.124. The van der Waals surface area contributed by atoms with Crippen molar-refractivity contribution in [3.8, 4) is 6.07 Å². The van der Waals surface area contributed by atoms with E-state index in [1.54, 1.807) is 0 Å². The maximum Gasteiger partial charge on any atom is 0.244 e. The van der Waals surface area contributed by atoms with Gasteiger partial charge in [-0.05, 0) is 25.0 Å². The van der Waals surface area contributed by atoms with E-state index >= 15 is 0 Å². The van der Waals surface area contributed by atoms with Crippen molar-refractivity contribution in [3.05, 3.63) is 29.8 Å². The standard InChI is InChI=1S/C14H14F2N2O/c15-10-4-5-11(16)12(8-10)18-13(19)14(9-17)6-2-1-3-7-14/h4-5,8H,1-3,6-7H2,(H,18,19). The normalized spacial score (nSPS) is 17.5. The summed E-state index contributed by atoms with van der Waals surface area (Å²) in [6.07, 6.45) is 3.52. The Balaban J connectivity index is 2.20. The van der Waals surface area contributed by atoms with Crippen LogP contribution in [0, 0.1) is 28.4 Å². The maximum atomic E-state index is 13.5. The van der Waals surface area contributed by atoms with Crippen LogP contribution in [0.4, 0.5) is 14.5 Å². The third kappa shape index (κ3) is 2.73. The van der Waals surface area contributed by atoms with Crippen molar-refractivity contribution in [2.75, 3.05) is 5.32 Å². The number of carbonyl (C=O) groups excluding carboxylic acids is 1. The Bertz CT molecular complexity index is 531. The van der Waals surface area contributed by atoms with Gasteiger partial charge in [0.05, 0.1) is 11.8 Å². The molecule has 2 rings (SSSR count). The Kier molecular flexibility index (Phi) is 3.79. The molecule has 1 saturated carbocycles. The molecule has 1 aliphatic rings. The van der Waals surface area contributed by atoms with Crippen LogP contribution in [0.1, 0.15) is 32.1 Å². The highest BCUT2D eigenvalue weighted by Crippen LogP contribution is 2.37. The summed E-state index contributed by atoms with van der Waals surface area (Å²) in [5.74, 6) is -1.88. The molecule has 5 heteroatoms. The first-order valence-electron chi connectivity index (χ1n) is 6.25. The Labute approximate surface area is 110 Å². The van der Waals surface area contributed by atoms with E-state index in [2.05, 4.69) is 5.32 Å². The van der Waals surface area contributed by atoms with E-state index in [0.29, 0.717) is 12.8 Å². The quantitative estimate of drug-likeness (QED) is 0.890. The number of amides is 1. The van der Waals surface area contributed by atoms with Crippen molar-refractivity contribution in [1.29, 1.82) is 5.26 Å². The van der Waals surface area contributed by atoms with E-state index < -0.39 is 23.0 Å². The topological polar surface area (TPSA) is 52.9 Å². The SMILES string of the molecule is N#CC1(C(=O)Nc2cc(F)ccc2F)CCCCC1. The summed E-state index contributed by atoms with van der Waals surface area (Å²) >= 11 is 0. The van der Waals surface area contributed by atoms with Gasteiger partial charge < -0.3 is 5.32 Å². The highest BCUT2D eigenvalue weighted by atomic mass is 19.1. The van der Waals surface area contributed by atoms with Crippen molar-refractivity contribution in [3.63, 3.8) is 0 Å². The van der Waals surface area contributed by atoms with Gasteiger partial charge in [0.25, 0.3) is 0 Å². The predicted octanol–water partition coefficient (Wildman–Crippen LogP) is 3.38. The lowest BCUT2D eigenvalue weighted by atomic mass is 9.74. The van der Waals surface area contributed by atoms with Gasteiger partial charge in [-0.1, -0.05) is 19.3 Å². The van der Waals surface area contributed by atoms with Crippen LogP contribution in [0.15, 0.2) is 18.2 Å². The van der Waals surface area contributed by atoms with Crippen molar-refractivity contribution in [2.24, 2.45) is 5.41 Å². The zero-order valence-corrected chi connectivity index (χ0v) is 10.4. The molecule has 0 aliphatic heterocycles. The summed E-state index contributed by atoms with van der Waals surface area (Å²) in [7, 11) is 0. The van der Waals surface area contributed by atoms with Gasteiger partial charge in [-0.15, -0.1) is 0 Å². The van der Waals surface area contributed by atoms with E-state index in [1.807, 2.05) is 6.07 Å². The molecule has 1 aliphatic carbocycles. The fourth-order valence-corrected chi connectivity index (χ4v) is 2.38. The summed E-state index contributed by atoms with van der Waals surface area (Å²) in [6.45, 7) is 0. The monoisotopic (exact) mass is 264 g/mol. The first kappa shape index (κ1) is 13.5. The smallest absolute Gasteiger partial charge is 0.244 e. The van der Waals surface area contributed by atoms with Crippen molar-refractivity contribution in [1.82, 2.24) is 0 Å². The van der Waals surface area contributed by atoms with Gasteiger partial charge in [-0.3, -0.25) is 4.79 Å². The predicted molar refractivity (Wildman–Crippen MR) is 66.1 cm³/mol.